The highest BCUT2D eigenvalue weighted by Crippen LogP contribution is 2.33. The number of alkyl halides is 3. The Morgan fingerprint density at radius 2 is 1.90 bits per heavy atom. The maximum atomic E-state index is 12.8. The zero-order chi connectivity index (χ0) is 15.6. The number of aromatic nitrogens is 1. The van der Waals surface area contributed by atoms with Gasteiger partial charge in [0.2, 0.25) is 0 Å². The van der Waals surface area contributed by atoms with Crippen molar-refractivity contribution in [2.24, 2.45) is 0 Å². The van der Waals surface area contributed by atoms with Crippen molar-refractivity contribution in [1.29, 1.82) is 0 Å². The summed E-state index contributed by atoms with van der Waals surface area (Å²) in [4.78, 5) is 5.01. The quantitative estimate of drug-likeness (QED) is 0.822. The third-order valence-corrected chi connectivity index (χ3v) is 4.21. The molecule has 2 N–H and O–H groups in total. The Hall–Kier alpha value is -1.47. The topological polar surface area (TPSA) is 37.0 Å². The molecule has 0 aromatic carbocycles. The van der Waals surface area contributed by atoms with Crippen molar-refractivity contribution in [3.8, 4) is 0 Å². The largest absolute Gasteiger partial charge is 0.416 e. The Morgan fingerprint density at radius 1 is 1.24 bits per heavy atom. The monoisotopic (exact) mass is 335 g/mol. The van der Waals surface area contributed by atoms with Crippen LogP contribution >= 0.6 is 22.9 Å². The molecule has 0 bridgehead atoms. The summed E-state index contributed by atoms with van der Waals surface area (Å²) in [6.07, 6.45) is -4.42. The van der Waals surface area contributed by atoms with Crippen LogP contribution in [0.5, 0.6) is 0 Å². The molecule has 2 rings (SSSR count). The summed E-state index contributed by atoms with van der Waals surface area (Å²) in [5, 5.41) is 5.59. The van der Waals surface area contributed by atoms with E-state index in [-0.39, 0.29) is 17.7 Å². The van der Waals surface area contributed by atoms with Gasteiger partial charge in [-0.2, -0.15) is 13.2 Å². The number of anilines is 2. The van der Waals surface area contributed by atoms with Gasteiger partial charge in [-0.25, -0.2) is 4.98 Å². The Morgan fingerprint density at radius 3 is 2.43 bits per heavy atom. The molecule has 21 heavy (non-hydrogen) atoms. The second-order valence-corrected chi connectivity index (χ2v) is 6.13. The molecule has 2 aromatic heterocycles. The highest BCUT2D eigenvalue weighted by Gasteiger charge is 2.31. The van der Waals surface area contributed by atoms with Crippen LogP contribution in [0.4, 0.5) is 24.8 Å². The fourth-order valence-electron chi connectivity index (χ4n) is 1.75. The van der Waals surface area contributed by atoms with Crippen molar-refractivity contribution >= 4 is 34.6 Å². The van der Waals surface area contributed by atoms with Gasteiger partial charge in [0.1, 0.15) is 11.6 Å². The average molecular weight is 336 g/mol. The van der Waals surface area contributed by atoms with E-state index in [1.54, 1.807) is 6.07 Å². The van der Waals surface area contributed by atoms with Crippen molar-refractivity contribution in [2.75, 3.05) is 17.7 Å². The Labute approximate surface area is 129 Å². The zero-order valence-corrected chi connectivity index (χ0v) is 12.8. The van der Waals surface area contributed by atoms with Crippen molar-refractivity contribution in [3.63, 3.8) is 0 Å². The Kier molecular flexibility index (Phi) is 4.63. The molecule has 0 aliphatic rings. The van der Waals surface area contributed by atoms with Gasteiger partial charge in [-0.15, -0.1) is 11.3 Å². The van der Waals surface area contributed by atoms with E-state index in [0.29, 0.717) is 4.34 Å². The third-order valence-electron chi connectivity index (χ3n) is 2.79. The Bertz CT molecular complexity index is 627. The summed E-state index contributed by atoms with van der Waals surface area (Å²) >= 11 is 7.23. The van der Waals surface area contributed by atoms with Gasteiger partial charge in [0.15, 0.2) is 0 Å². The molecule has 0 spiro atoms. The van der Waals surface area contributed by atoms with Crippen LogP contribution in [-0.4, -0.2) is 12.0 Å². The summed E-state index contributed by atoms with van der Waals surface area (Å²) in [6, 6.07) is 5.35. The average Bonchev–Trinajstić information content (AvgIpc) is 2.84. The number of nitrogens with one attached hydrogen (secondary N) is 2. The number of halogens is 4. The number of pyridine rings is 1. The fraction of sp³-hybridized carbons (Fsp3) is 0.308. The predicted octanol–water partition coefficient (Wildman–Crippen LogP) is 5.03. The van der Waals surface area contributed by atoms with Crippen LogP contribution in [0.25, 0.3) is 0 Å². The van der Waals surface area contributed by atoms with Crippen LogP contribution in [0.1, 0.15) is 23.4 Å². The molecule has 2 aromatic rings. The molecule has 2 heterocycles. The zero-order valence-electron chi connectivity index (χ0n) is 11.3. The molecule has 1 unspecified atom stereocenters. The first-order chi connectivity index (χ1) is 9.79. The third kappa shape index (κ3) is 4.01. The van der Waals surface area contributed by atoms with Gasteiger partial charge in [0.05, 0.1) is 15.9 Å². The number of hydrogen-bond acceptors (Lipinski definition) is 4. The van der Waals surface area contributed by atoms with Gasteiger partial charge >= 0.3 is 6.18 Å². The van der Waals surface area contributed by atoms with E-state index < -0.39 is 11.7 Å². The first-order valence-electron chi connectivity index (χ1n) is 6.08. The van der Waals surface area contributed by atoms with Crippen molar-refractivity contribution < 1.29 is 13.2 Å². The molecule has 3 nitrogen and oxygen atoms in total. The van der Waals surface area contributed by atoms with Crippen molar-refractivity contribution in [2.45, 2.75) is 19.1 Å². The molecule has 0 amide bonds. The standard InChI is InChI=1S/C13H13ClF3N3S/c1-7(9-3-4-10(14)21-9)19-12-6-8(13(15,16)17)5-11(18-2)20-12/h3-7H,1-2H3,(H2,18,19,20). The number of nitrogens with zero attached hydrogens (tertiary/aromatic N) is 1. The highest BCUT2D eigenvalue weighted by molar-refractivity contribution is 7.16. The normalized spacial score (nSPS) is 13.0. The summed E-state index contributed by atoms with van der Waals surface area (Å²) in [5.74, 6) is 0.315. The van der Waals surface area contributed by atoms with Crippen LogP contribution in [0.2, 0.25) is 4.34 Å². The highest BCUT2D eigenvalue weighted by atomic mass is 35.5. The lowest BCUT2D eigenvalue weighted by atomic mass is 10.2. The first kappa shape index (κ1) is 15.9. The minimum atomic E-state index is -4.42. The van der Waals surface area contributed by atoms with E-state index in [1.807, 2.05) is 13.0 Å². The minimum Gasteiger partial charge on any atom is -0.373 e. The fourth-order valence-corrected chi connectivity index (χ4v) is 2.81. The second kappa shape index (κ2) is 6.11. The van der Waals surface area contributed by atoms with Gasteiger partial charge in [0, 0.05) is 11.9 Å². The van der Waals surface area contributed by atoms with Crippen molar-refractivity contribution in [3.05, 3.63) is 39.0 Å². The molecule has 8 heteroatoms. The lowest BCUT2D eigenvalue weighted by molar-refractivity contribution is -0.137. The van der Waals surface area contributed by atoms with Gasteiger partial charge in [0.25, 0.3) is 0 Å². The van der Waals surface area contributed by atoms with E-state index in [2.05, 4.69) is 15.6 Å². The smallest absolute Gasteiger partial charge is 0.373 e. The summed E-state index contributed by atoms with van der Waals surface area (Å²) in [5.41, 5.74) is -0.749. The molecule has 0 saturated carbocycles. The molecule has 0 radical (unpaired) electrons. The van der Waals surface area contributed by atoms with Gasteiger partial charge in [-0.3, -0.25) is 0 Å². The van der Waals surface area contributed by atoms with E-state index in [1.165, 1.54) is 18.4 Å². The lowest BCUT2D eigenvalue weighted by Crippen LogP contribution is -2.11. The van der Waals surface area contributed by atoms with Crippen LogP contribution in [0.15, 0.2) is 24.3 Å². The van der Waals surface area contributed by atoms with E-state index >= 15 is 0 Å². The molecule has 0 aliphatic carbocycles. The summed E-state index contributed by atoms with van der Waals surface area (Å²) in [6.45, 7) is 1.84. The molecule has 0 saturated heterocycles. The Balaban J connectivity index is 2.27. The number of rotatable bonds is 4. The maximum Gasteiger partial charge on any atom is 0.416 e. The van der Waals surface area contributed by atoms with Gasteiger partial charge in [-0.05, 0) is 31.2 Å². The van der Waals surface area contributed by atoms with Crippen LogP contribution in [0, 0.1) is 0 Å². The van der Waals surface area contributed by atoms with Crippen LogP contribution in [-0.2, 0) is 6.18 Å². The SMILES string of the molecule is CNc1cc(C(F)(F)F)cc(NC(C)c2ccc(Cl)s2)n1. The molecular formula is C13H13ClF3N3S. The lowest BCUT2D eigenvalue weighted by Gasteiger charge is -2.16. The van der Waals surface area contributed by atoms with Gasteiger partial charge < -0.3 is 10.6 Å². The maximum absolute atomic E-state index is 12.8. The summed E-state index contributed by atoms with van der Waals surface area (Å²) in [7, 11) is 1.52. The molecule has 114 valence electrons. The van der Waals surface area contributed by atoms with Crippen molar-refractivity contribution in [1.82, 2.24) is 4.98 Å². The predicted molar refractivity (Wildman–Crippen MR) is 80.2 cm³/mol. The van der Waals surface area contributed by atoms with Crippen LogP contribution in [0.3, 0.4) is 0 Å². The number of hydrogen-bond donors (Lipinski definition) is 2. The van der Waals surface area contributed by atoms with Gasteiger partial charge in [-0.1, -0.05) is 11.6 Å². The summed E-state index contributed by atoms with van der Waals surface area (Å²) < 4.78 is 39.2. The van der Waals surface area contributed by atoms with E-state index in [4.69, 9.17) is 11.6 Å². The molecular weight excluding hydrogens is 323 g/mol. The van der Waals surface area contributed by atoms with E-state index in [0.717, 1.165) is 17.0 Å². The molecule has 0 fully saturated rings. The van der Waals surface area contributed by atoms with E-state index in [9.17, 15) is 13.2 Å². The second-order valence-electron chi connectivity index (χ2n) is 4.38. The minimum absolute atomic E-state index is 0.156. The molecule has 1 atom stereocenters. The first-order valence-corrected chi connectivity index (χ1v) is 7.28. The molecule has 0 aliphatic heterocycles. The number of thiophene rings is 1. The van der Waals surface area contributed by atoms with Crippen LogP contribution < -0.4 is 10.6 Å².